The van der Waals surface area contributed by atoms with Crippen LogP contribution in [0.5, 0.6) is 5.75 Å². The number of hydrogen-bond donors (Lipinski definition) is 0. The second kappa shape index (κ2) is 6.92. The molecule has 4 rings (SSSR count). The average molecular weight is 392 g/mol. The minimum Gasteiger partial charge on any atom is -0.484 e. The Morgan fingerprint density at radius 1 is 1.00 bits per heavy atom. The minimum atomic E-state index is -2.74. The van der Waals surface area contributed by atoms with Crippen LogP contribution in [0.3, 0.4) is 0 Å². The molecule has 142 valence electrons. The summed E-state index contributed by atoms with van der Waals surface area (Å²) in [7, 11) is 0. The lowest BCUT2D eigenvalue weighted by Gasteiger charge is -2.34. The number of halogens is 2. The van der Waals surface area contributed by atoms with E-state index in [1.54, 1.807) is 28.0 Å². The van der Waals surface area contributed by atoms with Crippen LogP contribution < -0.4 is 4.74 Å². The molecule has 1 aromatic carbocycles. The van der Waals surface area contributed by atoms with Crippen LogP contribution in [0.15, 0.2) is 41.8 Å². The topological polar surface area (TPSA) is 49.9 Å². The van der Waals surface area contributed by atoms with Gasteiger partial charge in [0.1, 0.15) is 5.75 Å². The first-order valence-corrected chi connectivity index (χ1v) is 9.58. The maximum absolute atomic E-state index is 12.9. The third-order valence-electron chi connectivity index (χ3n) is 4.73. The Balaban J connectivity index is 1.32. The van der Waals surface area contributed by atoms with Crippen LogP contribution in [-0.2, 0) is 0 Å². The molecule has 1 saturated heterocycles. The van der Waals surface area contributed by atoms with Crippen LogP contribution in [0.4, 0.5) is 8.78 Å². The van der Waals surface area contributed by atoms with Gasteiger partial charge in [0, 0.05) is 31.7 Å². The summed E-state index contributed by atoms with van der Waals surface area (Å²) in [5.74, 6) is -2.55. The maximum Gasteiger partial charge on any atom is 0.288 e. The third kappa shape index (κ3) is 3.80. The third-order valence-corrected chi connectivity index (χ3v) is 5.59. The zero-order valence-electron chi connectivity index (χ0n) is 14.4. The van der Waals surface area contributed by atoms with E-state index in [1.165, 1.54) is 23.5 Å². The van der Waals surface area contributed by atoms with Crippen molar-refractivity contribution in [2.75, 3.05) is 26.2 Å². The lowest BCUT2D eigenvalue weighted by Crippen LogP contribution is -2.50. The zero-order valence-corrected chi connectivity index (χ0v) is 15.3. The number of carbonyl (C=O) groups excluding carboxylic acids is 2. The van der Waals surface area contributed by atoms with E-state index in [1.807, 2.05) is 11.4 Å². The van der Waals surface area contributed by atoms with E-state index >= 15 is 0 Å². The first-order valence-electron chi connectivity index (χ1n) is 8.71. The number of thiophene rings is 1. The number of amides is 2. The monoisotopic (exact) mass is 392 g/mol. The molecule has 1 atom stereocenters. The van der Waals surface area contributed by atoms with Crippen molar-refractivity contribution in [3.05, 3.63) is 52.2 Å². The van der Waals surface area contributed by atoms with Gasteiger partial charge in [-0.2, -0.15) is 0 Å². The summed E-state index contributed by atoms with van der Waals surface area (Å²) in [6.07, 6.45) is -1.32. The molecule has 2 fully saturated rings. The van der Waals surface area contributed by atoms with Gasteiger partial charge in [-0.3, -0.25) is 9.59 Å². The molecule has 2 amide bonds. The molecule has 0 bridgehead atoms. The predicted octanol–water partition coefficient (Wildman–Crippen LogP) is 3.13. The van der Waals surface area contributed by atoms with E-state index in [4.69, 9.17) is 4.74 Å². The molecule has 1 unspecified atom stereocenters. The Morgan fingerprint density at radius 2 is 1.59 bits per heavy atom. The Labute approximate surface area is 159 Å². The molecule has 2 heterocycles. The van der Waals surface area contributed by atoms with Gasteiger partial charge in [0.05, 0.1) is 11.3 Å². The first kappa shape index (κ1) is 17.9. The Kier molecular flexibility index (Phi) is 4.59. The quantitative estimate of drug-likeness (QED) is 0.803. The number of piperazine rings is 1. The summed E-state index contributed by atoms with van der Waals surface area (Å²) in [6, 6.07) is 9.89. The minimum absolute atomic E-state index is 0.00419. The molecule has 0 spiro atoms. The van der Waals surface area contributed by atoms with Crippen molar-refractivity contribution in [1.82, 2.24) is 9.80 Å². The first-order chi connectivity index (χ1) is 12.9. The van der Waals surface area contributed by atoms with E-state index in [0.717, 1.165) is 0 Å². The van der Waals surface area contributed by atoms with Crippen LogP contribution in [-0.4, -0.2) is 59.8 Å². The number of carbonyl (C=O) groups is 2. The fourth-order valence-corrected chi connectivity index (χ4v) is 3.70. The molecule has 2 aromatic rings. The highest BCUT2D eigenvalue weighted by Gasteiger charge is 2.59. The van der Waals surface area contributed by atoms with Crippen molar-refractivity contribution in [3.8, 4) is 5.75 Å². The highest BCUT2D eigenvalue weighted by molar-refractivity contribution is 7.12. The highest BCUT2D eigenvalue weighted by Crippen LogP contribution is 2.44. The largest absolute Gasteiger partial charge is 0.484 e. The van der Waals surface area contributed by atoms with Gasteiger partial charge in [-0.25, -0.2) is 8.78 Å². The standard InChI is InChI=1S/C19H18F2N2O3S/c20-19(21)12-16(19)26-14-5-3-13(4-6-14)17(24)22-7-9-23(10-8-22)18(25)15-2-1-11-27-15/h1-6,11,16H,7-10,12H2. The molecule has 8 heteroatoms. The van der Waals surface area contributed by atoms with Crippen LogP contribution >= 0.6 is 11.3 Å². The molecule has 1 saturated carbocycles. The fourth-order valence-electron chi connectivity index (χ4n) is 3.01. The zero-order chi connectivity index (χ0) is 19.0. The molecular weight excluding hydrogens is 374 g/mol. The second-order valence-corrected chi connectivity index (χ2v) is 7.61. The van der Waals surface area contributed by atoms with Crippen LogP contribution in [0.1, 0.15) is 26.5 Å². The average Bonchev–Trinajstić information content (AvgIpc) is 3.06. The summed E-state index contributed by atoms with van der Waals surface area (Å²) < 4.78 is 31.0. The summed E-state index contributed by atoms with van der Waals surface area (Å²) in [4.78, 5) is 29.1. The second-order valence-electron chi connectivity index (χ2n) is 6.66. The van der Waals surface area contributed by atoms with Crippen LogP contribution in [0.25, 0.3) is 0 Å². The number of hydrogen-bond acceptors (Lipinski definition) is 4. The van der Waals surface area contributed by atoms with Gasteiger partial charge < -0.3 is 14.5 Å². The number of nitrogens with zero attached hydrogens (tertiary/aromatic N) is 2. The number of rotatable bonds is 4. The predicted molar refractivity (Wildman–Crippen MR) is 96.5 cm³/mol. The van der Waals surface area contributed by atoms with Crippen molar-refractivity contribution in [2.45, 2.75) is 18.4 Å². The van der Waals surface area contributed by atoms with Crippen LogP contribution in [0, 0.1) is 0 Å². The molecular formula is C19H18F2N2O3S. The molecule has 0 radical (unpaired) electrons. The van der Waals surface area contributed by atoms with E-state index < -0.39 is 12.0 Å². The number of benzene rings is 1. The van der Waals surface area contributed by atoms with Crippen molar-refractivity contribution in [1.29, 1.82) is 0 Å². The Hall–Kier alpha value is -2.48. The smallest absolute Gasteiger partial charge is 0.288 e. The number of alkyl halides is 2. The van der Waals surface area contributed by atoms with Crippen molar-refractivity contribution in [2.24, 2.45) is 0 Å². The fraction of sp³-hybridized carbons (Fsp3) is 0.368. The lowest BCUT2D eigenvalue weighted by atomic mass is 10.1. The van der Waals surface area contributed by atoms with E-state index in [-0.39, 0.29) is 18.2 Å². The van der Waals surface area contributed by atoms with Crippen molar-refractivity contribution in [3.63, 3.8) is 0 Å². The van der Waals surface area contributed by atoms with Gasteiger partial charge in [0.15, 0.2) is 6.10 Å². The summed E-state index contributed by atoms with van der Waals surface area (Å²) in [5, 5.41) is 1.87. The molecule has 2 aliphatic rings. The summed E-state index contributed by atoms with van der Waals surface area (Å²) >= 11 is 1.41. The van der Waals surface area contributed by atoms with E-state index in [9.17, 15) is 18.4 Å². The van der Waals surface area contributed by atoms with Crippen LogP contribution in [0.2, 0.25) is 0 Å². The Morgan fingerprint density at radius 3 is 2.11 bits per heavy atom. The normalized spacial score (nSPS) is 21.0. The van der Waals surface area contributed by atoms with Gasteiger partial charge >= 0.3 is 0 Å². The summed E-state index contributed by atoms with van der Waals surface area (Å²) in [6.45, 7) is 1.89. The van der Waals surface area contributed by atoms with Gasteiger partial charge in [0.2, 0.25) is 0 Å². The highest BCUT2D eigenvalue weighted by atomic mass is 32.1. The van der Waals surface area contributed by atoms with Gasteiger partial charge in [-0.1, -0.05) is 6.07 Å². The molecule has 5 nitrogen and oxygen atoms in total. The summed E-state index contributed by atoms with van der Waals surface area (Å²) in [5.41, 5.74) is 0.475. The van der Waals surface area contributed by atoms with Gasteiger partial charge in [0.25, 0.3) is 17.7 Å². The molecule has 0 N–H and O–H groups in total. The van der Waals surface area contributed by atoms with Gasteiger partial charge in [-0.15, -0.1) is 11.3 Å². The SMILES string of the molecule is O=C(c1ccc(OC2CC2(F)F)cc1)N1CCN(C(=O)c2cccs2)CC1. The Bertz CT molecular complexity index is 831. The van der Waals surface area contributed by atoms with E-state index in [0.29, 0.717) is 42.4 Å². The van der Waals surface area contributed by atoms with Crippen molar-refractivity contribution < 1.29 is 23.1 Å². The molecule has 1 aliphatic heterocycles. The molecule has 1 aliphatic carbocycles. The molecule has 27 heavy (non-hydrogen) atoms. The van der Waals surface area contributed by atoms with E-state index in [2.05, 4.69) is 0 Å². The van der Waals surface area contributed by atoms with Gasteiger partial charge in [-0.05, 0) is 35.7 Å². The maximum atomic E-state index is 12.9. The van der Waals surface area contributed by atoms with Crippen molar-refractivity contribution >= 4 is 23.2 Å². The molecule has 1 aromatic heterocycles. The number of ether oxygens (including phenoxy) is 1. The lowest BCUT2D eigenvalue weighted by molar-refractivity contribution is 0.0538.